The first kappa shape index (κ1) is 18.7. The molecule has 9 heteroatoms. The lowest BCUT2D eigenvalue weighted by atomic mass is 10.2. The van der Waals surface area contributed by atoms with Crippen LogP contribution < -0.4 is 14.2 Å². The minimum Gasteiger partial charge on any atom is -0.462 e. The third-order valence-electron chi connectivity index (χ3n) is 4.18. The van der Waals surface area contributed by atoms with Gasteiger partial charge in [-0.3, -0.25) is 0 Å². The van der Waals surface area contributed by atoms with E-state index in [2.05, 4.69) is 4.72 Å². The van der Waals surface area contributed by atoms with Gasteiger partial charge in [-0.05, 0) is 30.7 Å². The van der Waals surface area contributed by atoms with Crippen molar-refractivity contribution in [3.63, 3.8) is 0 Å². The van der Waals surface area contributed by atoms with Crippen LogP contribution in [-0.4, -0.2) is 27.8 Å². The Kier molecular flexibility index (Phi) is 4.96. The standard InChI is InChI=1S/C19H17NO6S2/c1-2-24-19(21)17-18(13-5-3-4-6-16(13)27-17)28(22,23)20-10-12-7-8-14-15(9-12)26-11-25-14/h3-9,20H,2,10-11H2,1H3. The largest absolute Gasteiger partial charge is 0.462 e. The highest BCUT2D eigenvalue weighted by Crippen LogP contribution is 2.36. The number of benzene rings is 2. The van der Waals surface area contributed by atoms with Gasteiger partial charge in [0.1, 0.15) is 9.77 Å². The zero-order chi connectivity index (χ0) is 19.7. The van der Waals surface area contributed by atoms with Gasteiger partial charge in [0.05, 0.1) is 6.61 Å². The van der Waals surface area contributed by atoms with Crippen LogP contribution in [0.4, 0.5) is 0 Å². The molecular weight excluding hydrogens is 402 g/mol. The quantitative estimate of drug-likeness (QED) is 0.617. The highest BCUT2D eigenvalue weighted by Gasteiger charge is 2.29. The fourth-order valence-corrected chi connectivity index (χ4v) is 5.73. The number of carbonyl (C=O) groups excluding carboxylic acids is 1. The minimum absolute atomic E-state index is 0.0470. The first-order chi connectivity index (χ1) is 13.5. The molecule has 1 aliphatic rings. The first-order valence-electron chi connectivity index (χ1n) is 8.56. The fraction of sp³-hybridized carbons (Fsp3) is 0.211. The maximum Gasteiger partial charge on any atom is 0.349 e. The molecule has 0 fully saturated rings. The summed E-state index contributed by atoms with van der Waals surface area (Å²) in [7, 11) is -3.96. The smallest absolute Gasteiger partial charge is 0.349 e. The molecule has 146 valence electrons. The highest BCUT2D eigenvalue weighted by molar-refractivity contribution is 7.90. The molecule has 0 aliphatic carbocycles. The van der Waals surface area contributed by atoms with Gasteiger partial charge in [0.2, 0.25) is 16.8 Å². The van der Waals surface area contributed by atoms with E-state index in [0.717, 1.165) is 11.3 Å². The van der Waals surface area contributed by atoms with Crippen LogP contribution in [0.3, 0.4) is 0 Å². The molecule has 28 heavy (non-hydrogen) atoms. The van der Waals surface area contributed by atoms with Gasteiger partial charge in [-0.25, -0.2) is 17.9 Å². The van der Waals surface area contributed by atoms with Crippen LogP contribution in [0.5, 0.6) is 11.5 Å². The number of carbonyl (C=O) groups is 1. The van der Waals surface area contributed by atoms with E-state index in [-0.39, 0.29) is 29.7 Å². The van der Waals surface area contributed by atoms with Crippen molar-refractivity contribution < 1.29 is 27.4 Å². The Labute approximate surface area is 165 Å². The van der Waals surface area contributed by atoms with Crippen LogP contribution in [0.2, 0.25) is 0 Å². The van der Waals surface area contributed by atoms with E-state index in [1.165, 1.54) is 0 Å². The monoisotopic (exact) mass is 419 g/mol. The fourth-order valence-electron chi connectivity index (χ4n) is 2.92. The predicted molar refractivity (Wildman–Crippen MR) is 104 cm³/mol. The SMILES string of the molecule is CCOC(=O)c1sc2ccccc2c1S(=O)(=O)NCc1ccc2c(c1)OCO2. The molecule has 2 heterocycles. The van der Waals surface area contributed by atoms with Crippen LogP contribution in [0.25, 0.3) is 10.1 Å². The van der Waals surface area contributed by atoms with Crippen molar-refractivity contribution in [2.45, 2.75) is 18.4 Å². The van der Waals surface area contributed by atoms with E-state index in [0.29, 0.717) is 27.1 Å². The van der Waals surface area contributed by atoms with Crippen LogP contribution in [0, 0.1) is 0 Å². The molecule has 7 nitrogen and oxygen atoms in total. The summed E-state index contributed by atoms with van der Waals surface area (Å²) in [6.07, 6.45) is 0. The van der Waals surface area contributed by atoms with Gasteiger partial charge in [0.25, 0.3) is 0 Å². The number of thiophene rings is 1. The van der Waals surface area contributed by atoms with E-state index in [1.54, 1.807) is 49.4 Å². The topological polar surface area (TPSA) is 90.9 Å². The third kappa shape index (κ3) is 3.44. The van der Waals surface area contributed by atoms with Crippen LogP contribution in [-0.2, 0) is 21.3 Å². The summed E-state index contributed by atoms with van der Waals surface area (Å²) in [5.41, 5.74) is 0.713. The molecule has 0 saturated carbocycles. The van der Waals surface area contributed by atoms with Gasteiger partial charge in [-0.1, -0.05) is 24.3 Å². The summed E-state index contributed by atoms with van der Waals surface area (Å²) in [6.45, 7) is 2.04. The number of rotatable bonds is 6. The number of hydrogen-bond acceptors (Lipinski definition) is 7. The molecular formula is C19H17NO6S2. The molecule has 0 radical (unpaired) electrons. The molecule has 0 amide bonds. The zero-order valence-corrected chi connectivity index (χ0v) is 16.6. The average molecular weight is 419 g/mol. The second-order valence-corrected chi connectivity index (χ2v) is 8.75. The van der Waals surface area contributed by atoms with E-state index in [1.807, 2.05) is 0 Å². The zero-order valence-electron chi connectivity index (χ0n) is 14.9. The van der Waals surface area contributed by atoms with Crippen molar-refractivity contribution in [2.24, 2.45) is 0 Å². The lowest BCUT2D eigenvalue weighted by Gasteiger charge is -2.09. The van der Waals surface area contributed by atoms with Crippen molar-refractivity contribution in [3.8, 4) is 11.5 Å². The highest BCUT2D eigenvalue weighted by atomic mass is 32.2. The minimum atomic E-state index is -3.96. The molecule has 0 spiro atoms. The number of fused-ring (bicyclic) bond motifs is 2. The van der Waals surface area contributed by atoms with Crippen LogP contribution >= 0.6 is 11.3 Å². The van der Waals surface area contributed by atoms with Crippen LogP contribution in [0.1, 0.15) is 22.2 Å². The van der Waals surface area contributed by atoms with Gasteiger partial charge < -0.3 is 14.2 Å². The number of nitrogens with one attached hydrogen (secondary N) is 1. The van der Waals surface area contributed by atoms with Gasteiger partial charge >= 0.3 is 5.97 Å². The molecule has 2 aromatic carbocycles. The molecule has 3 aromatic rings. The van der Waals surface area contributed by atoms with Crippen molar-refractivity contribution in [1.29, 1.82) is 0 Å². The Hall–Kier alpha value is -2.62. The Morgan fingerprint density at radius 2 is 1.96 bits per heavy atom. The second-order valence-electron chi connectivity index (χ2n) is 5.99. The van der Waals surface area contributed by atoms with Crippen molar-refractivity contribution in [2.75, 3.05) is 13.4 Å². The summed E-state index contributed by atoms with van der Waals surface area (Å²) in [6, 6.07) is 12.2. The van der Waals surface area contributed by atoms with Gasteiger partial charge in [0.15, 0.2) is 11.5 Å². The summed E-state index contributed by atoms with van der Waals surface area (Å²) in [5, 5.41) is 0.494. The van der Waals surface area contributed by atoms with E-state index < -0.39 is 16.0 Å². The molecule has 0 saturated heterocycles. The Balaban J connectivity index is 1.67. The van der Waals surface area contributed by atoms with E-state index in [9.17, 15) is 13.2 Å². The third-order valence-corrected chi connectivity index (χ3v) is 6.95. The molecule has 0 bridgehead atoms. The molecule has 0 atom stereocenters. The summed E-state index contributed by atoms with van der Waals surface area (Å²) in [5.74, 6) is 0.553. The predicted octanol–water partition coefficient (Wildman–Crippen LogP) is 3.29. The van der Waals surface area contributed by atoms with Gasteiger partial charge in [0, 0.05) is 16.6 Å². The molecule has 0 unspecified atom stereocenters. The Morgan fingerprint density at radius 1 is 1.18 bits per heavy atom. The average Bonchev–Trinajstić information content (AvgIpc) is 3.31. The van der Waals surface area contributed by atoms with Gasteiger partial charge in [-0.2, -0.15) is 0 Å². The van der Waals surface area contributed by atoms with Crippen LogP contribution in [0.15, 0.2) is 47.4 Å². The normalized spacial score (nSPS) is 13.0. The molecule has 1 N–H and O–H groups in total. The van der Waals surface area contributed by atoms with E-state index in [4.69, 9.17) is 14.2 Å². The lowest BCUT2D eigenvalue weighted by Crippen LogP contribution is -2.24. The van der Waals surface area contributed by atoms with Gasteiger partial charge in [-0.15, -0.1) is 11.3 Å². The van der Waals surface area contributed by atoms with Crippen molar-refractivity contribution in [3.05, 3.63) is 52.9 Å². The number of ether oxygens (including phenoxy) is 3. The number of esters is 1. The van der Waals surface area contributed by atoms with E-state index >= 15 is 0 Å². The van der Waals surface area contributed by atoms with Crippen molar-refractivity contribution >= 4 is 37.4 Å². The maximum atomic E-state index is 13.1. The molecule has 1 aromatic heterocycles. The van der Waals surface area contributed by atoms with Crippen molar-refractivity contribution in [1.82, 2.24) is 4.72 Å². The lowest BCUT2D eigenvalue weighted by molar-refractivity contribution is 0.0528. The summed E-state index contributed by atoms with van der Waals surface area (Å²) >= 11 is 1.11. The molecule has 1 aliphatic heterocycles. The summed E-state index contributed by atoms with van der Waals surface area (Å²) in [4.78, 5) is 12.4. The first-order valence-corrected chi connectivity index (χ1v) is 10.9. The molecule has 4 rings (SSSR count). The number of hydrogen-bond donors (Lipinski definition) is 1. The Bertz CT molecular complexity index is 1150. The second kappa shape index (κ2) is 7.42. The maximum absolute atomic E-state index is 13.1. The summed E-state index contributed by atoms with van der Waals surface area (Å²) < 4.78 is 45.1. The number of sulfonamides is 1. The Morgan fingerprint density at radius 3 is 2.79 bits per heavy atom.